The Kier molecular flexibility index (Phi) is 2.85. The molecule has 0 amide bonds. The van der Waals surface area contributed by atoms with Crippen LogP contribution in [0.15, 0.2) is 12.4 Å². The summed E-state index contributed by atoms with van der Waals surface area (Å²) in [5.74, 6) is 1.05. The second kappa shape index (κ2) is 3.70. The Morgan fingerprint density at radius 1 is 1.00 bits per heavy atom. The van der Waals surface area contributed by atoms with Crippen molar-refractivity contribution in [1.82, 2.24) is 4.98 Å². The topological polar surface area (TPSA) is 12.9 Å². The SMILES string of the molecule is CC(C)c1[c]c(C(C)C)cnc1. The van der Waals surface area contributed by atoms with Gasteiger partial charge in [-0.1, -0.05) is 27.7 Å². The third-order valence-electron chi connectivity index (χ3n) is 1.96. The third-order valence-corrected chi connectivity index (χ3v) is 1.96. The van der Waals surface area contributed by atoms with Gasteiger partial charge in [0.25, 0.3) is 0 Å². The highest BCUT2D eigenvalue weighted by atomic mass is 14.6. The Balaban J connectivity index is 2.96. The van der Waals surface area contributed by atoms with Gasteiger partial charge in [-0.25, -0.2) is 0 Å². The van der Waals surface area contributed by atoms with Crippen molar-refractivity contribution in [3.8, 4) is 0 Å². The van der Waals surface area contributed by atoms with Crippen LogP contribution in [0.2, 0.25) is 0 Å². The van der Waals surface area contributed by atoms with E-state index in [1.165, 1.54) is 11.1 Å². The molecule has 0 bridgehead atoms. The maximum Gasteiger partial charge on any atom is 0.0308 e. The maximum atomic E-state index is 4.20. The average Bonchev–Trinajstić information content (AvgIpc) is 2.04. The molecule has 12 heavy (non-hydrogen) atoms. The molecule has 1 radical (unpaired) electrons. The van der Waals surface area contributed by atoms with Gasteiger partial charge in [-0.3, -0.25) is 4.98 Å². The Hall–Kier alpha value is -0.850. The Labute approximate surface area is 74.8 Å². The summed E-state index contributed by atoms with van der Waals surface area (Å²) in [6.45, 7) is 8.66. The molecule has 0 aromatic carbocycles. The van der Waals surface area contributed by atoms with Gasteiger partial charge >= 0.3 is 0 Å². The number of nitrogens with zero attached hydrogens (tertiary/aromatic N) is 1. The quantitative estimate of drug-likeness (QED) is 0.651. The minimum atomic E-state index is 0.524. The number of pyridine rings is 1. The molecule has 0 fully saturated rings. The lowest BCUT2D eigenvalue weighted by Gasteiger charge is -2.08. The van der Waals surface area contributed by atoms with E-state index in [4.69, 9.17) is 0 Å². The molecule has 0 atom stereocenters. The molecule has 1 nitrogen and oxygen atoms in total. The summed E-state index contributed by atoms with van der Waals surface area (Å²) < 4.78 is 0. The summed E-state index contributed by atoms with van der Waals surface area (Å²) in [5.41, 5.74) is 2.42. The Morgan fingerprint density at radius 2 is 1.42 bits per heavy atom. The summed E-state index contributed by atoms with van der Waals surface area (Å²) in [5, 5.41) is 0. The van der Waals surface area contributed by atoms with Gasteiger partial charge in [-0.15, -0.1) is 0 Å². The lowest BCUT2D eigenvalue weighted by Crippen LogP contribution is -1.94. The summed E-state index contributed by atoms with van der Waals surface area (Å²) in [7, 11) is 0. The standard InChI is InChI=1S/C11H16N/c1-8(2)10-5-11(9(3)4)7-12-6-10/h6-9H,1-4H3. The second-order valence-electron chi connectivity index (χ2n) is 3.75. The monoisotopic (exact) mass is 162 g/mol. The van der Waals surface area contributed by atoms with Crippen molar-refractivity contribution in [3.63, 3.8) is 0 Å². The normalized spacial score (nSPS) is 11.2. The first-order valence-corrected chi connectivity index (χ1v) is 4.48. The smallest absolute Gasteiger partial charge is 0.0308 e. The molecule has 1 heterocycles. The van der Waals surface area contributed by atoms with Crippen molar-refractivity contribution in [2.24, 2.45) is 0 Å². The minimum absolute atomic E-state index is 0.524. The number of hydrogen-bond donors (Lipinski definition) is 0. The average molecular weight is 162 g/mol. The van der Waals surface area contributed by atoms with Gasteiger partial charge in [0.15, 0.2) is 0 Å². The molecule has 0 aliphatic rings. The van der Waals surface area contributed by atoms with Crippen molar-refractivity contribution in [2.45, 2.75) is 39.5 Å². The predicted molar refractivity (Wildman–Crippen MR) is 51.3 cm³/mol. The molecule has 0 aliphatic carbocycles. The highest BCUT2D eigenvalue weighted by molar-refractivity contribution is 5.20. The van der Waals surface area contributed by atoms with Crippen LogP contribution < -0.4 is 0 Å². The van der Waals surface area contributed by atoms with Crippen molar-refractivity contribution in [3.05, 3.63) is 29.6 Å². The van der Waals surface area contributed by atoms with Gasteiger partial charge in [0.05, 0.1) is 0 Å². The van der Waals surface area contributed by atoms with E-state index in [9.17, 15) is 0 Å². The maximum absolute atomic E-state index is 4.20. The molecular weight excluding hydrogens is 146 g/mol. The minimum Gasteiger partial charge on any atom is -0.264 e. The molecule has 0 aliphatic heterocycles. The van der Waals surface area contributed by atoms with Gasteiger partial charge in [-0.2, -0.15) is 0 Å². The lowest BCUT2D eigenvalue weighted by molar-refractivity contribution is 0.817. The molecule has 1 aromatic rings. The van der Waals surface area contributed by atoms with Crippen molar-refractivity contribution in [2.75, 3.05) is 0 Å². The highest BCUT2D eigenvalue weighted by Crippen LogP contribution is 2.18. The summed E-state index contributed by atoms with van der Waals surface area (Å²) in [4.78, 5) is 4.20. The summed E-state index contributed by atoms with van der Waals surface area (Å²) in [6, 6.07) is 3.38. The first-order chi connectivity index (χ1) is 5.61. The van der Waals surface area contributed by atoms with Gasteiger partial charge in [0.2, 0.25) is 0 Å². The fourth-order valence-corrected chi connectivity index (χ4v) is 1.02. The zero-order chi connectivity index (χ0) is 9.14. The van der Waals surface area contributed by atoms with Crippen LogP contribution in [0.5, 0.6) is 0 Å². The lowest BCUT2D eigenvalue weighted by atomic mass is 9.99. The molecule has 0 saturated carbocycles. The molecule has 1 heteroatoms. The zero-order valence-corrected chi connectivity index (χ0v) is 8.26. The van der Waals surface area contributed by atoms with Crippen LogP contribution in [-0.2, 0) is 0 Å². The first-order valence-electron chi connectivity index (χ1n) is 4.48. The van der Waals surface area contributed by atoms with E-state index in [-0.39, 0.29) is 0 Å². The van der Waals surface area contributed by atoms with Crippen LogP contribution in [0, 0.1) is 6.07 Å². The second-order valence-corrected chi connectivity index (χ2v) is 3.75. The summed E-state index contributed by atoms with van der Waals surface area (Å²) >= 11 is 0. The van der Waals surface area contributed by atoms with Gasteiger partial charge in [-0.05, 0) is 29.0 Å². The van der Waals surface area contributed by atoms with Gasteiger partial charge in [0, 0.05) is 12.4 Å². The molecule has 1 rings (SSSR count). The van der Waals surface area contributed by atoms with Gasteiger partial charge in [0.1, 0.15) is 0 Å². The molecule has 1 aromatic heterocycles. The van der Waals surface area contributed by atoms with E-state index < -0.39 is 0 Å². The van der Waals surface area contributed by atoms with Crippen molar-refractivity contribution in [1.29, 1.82) is 0 Å². The molecule has 65 valence electrons. The first kappa shape index (κ1) is 9.24. The van der Waals surface area contributed by atoms with Crippen LogP contribution in [0.1, 0.15) is 50.7 Å². The molecule has 0 N–H and O–H groups in total. The zero-order valence-electron chi connectivity index (χ0n) is 8.26. The predicted octanol–water partition coefficient (Wildman–Crippen LogP) is 3.13. The van der Waals surface area contributed by atoms with Crippen molar-refractivity contribution < 1.29 is 0 Å². The van der Waals surface area contributed by atoms with Crippen molar-refractivity contribution >= 4 is 0 Å². The largest absolute Gasteiger partial charge is 0.264 e. The van der Waals surface area contributed by atoms with Crippen LogP contribution in [0.4, 0.5) is 0 Å². The van der Waals surface area contributed by atoms with E-state index in [1.54, 1.807) is 0 Å². The number of rotatable bonds is 2. The molecule has 0 saturated heterocycles. The van der Waals surface area contributed by atoms with Crippen LogP contribution in [0.25, 0.3) is 0 Å². The van der Waals surface area contributed by atoms with Gasteiger partial charge < -0.3 is 0 Å². The van der Waals surface area contributed by atoms with Crippen LogP contribution in [0.3, 0.4) is 0 Å². The summed E-state index contributed by atoms with van der Waals surface area (Å²) in [6.07, 6.45) is 3.80. The Bertz CT molecular complexity index is 228. The molecule has 0 unspecified atom stereocenters. The molecular formula is C11H16N. The van der Waals surface area contributed by atoms with E-state index in [0.29, 0.717) is 11.8 Å². The number of hydrogen-bond acceptors (Lipinski definition) is 1. The third kappa shape index (κ3) is 2.07. The van der Waals surface area contributed by atoms with Crippen LogP contribution in [-0.4, -0.2) is 4.98 Å². The van der Waals surface area contributed by atoms with Crippen LogP contribution >= 0.6 is 0 Å². The highest BCUT2D eigenvalue weighted by Gasteiger charge is 2.03. The van der Waals surface area contributed by atoms with E-state index >= 15 is 0 Å². The number of aromatic nitrogens is 1. The Morgan fingerprint density at radius 3 is 1.75 bits per heavy atom. The molecule has 0 spiro atoms. The van der Waals surface area contributed by atoms with E-state index in [1.807, 2.05) is 12.4 Å². The van der Waals surface area contributed by atoms with E-state index in [0.717, 1.165) is 0 Å². The van der Waals surface area contributed by atoms with E-state index in [2.05, 4.69) is 38.7 Å². The fraction of sp³-hybridized carbons (Fsp3) is 0.545. The fourth-order valence-electron chi connectivity index (χ4n) is 1.02.